The monoisotopic (exact) mass is 382 g/mol. The van der Waals surface area contributed by atoms with Crippen LogP contribution in [0.1, 0.15) is 26.3 Å². The van der Waals surface area contributed by atoms with Crippen molar-refractivity contribution in [3.05, 3.63) is 28.4 Å². The standard InChI is InChI=1S/C17H23BrN2O3/c1-17(2,3)23-16(22)20-10-11(8-9-19(4)5)14-13(20)7-6-12(18)15(14)21/h6-7,10,21H,8-9H2,1-5H3. The molecule has 1 aromatic heterocycles. The summed E-state index contributed by atoms with van der Waals surface area (Å²) >= 11 is 3.34. The zero-order valence-electron chi connectivity index (χ0n) is 14.2. The van der Waals surface area contributed by atoms with E-state index in [0.29, 0.717) is 15.4 Å². The molecule has 23 heavy (non-hydrogen) atoms. The predicted octanol–water partition coefficient (Wildman–Crippen LogP) is 4.00. The van der Waals surface area contributed by atoms with Crippen molar-refractivity contribution in [3.63, 3.8) is 0 Å². The molecule has 2 rings (SSSR count). The second-order valence-corrected chi connectivity index (χ2v) is 7.70. The molecule has 0 aliphatic carbocycles. The molecule has 126 valence electrons. The minimum absolute atomic E-state index is 0.151. The van der Waals surface area contributed by atoms with Crippen molar-refractivity contribution in [2.75, 3.05) is 20.6 Å². The topological polar surface area (TPSA) is 54.7 Å². The molecule has 2 aromatic rings. The first-order valence-corrected chi connectivity index (χ1v) is 8.29. The highest BCUT2D eigenvalue weighted by Crippen LogP contribution is 2.36. The number of likely N-dealkylation sites (N-methyl/N-ethyl adjacent to an activating group) is 1. The van der Waals surface area contributed by atoms with Gasteiger partial charge in [-0.05, 0) is 74.9 Å². The van der Waals surface area contributed by atoms with E-state index in [9.17, 15) is 9.90 Å². The van der Waals surface area contributed by atoms with Gasteiger partial charge in [-0.2, -0.15) is 0 Å². The molecule has 0 atom stereocenters. The lowest BCUT2D eigenvalue weighted by atomic mass is 10.1. The minimum atomic E-state index is -0.575. The summed E-state index contributed by atoms with van der Waals surface area (Å²) in [5.74, 6) is 0.151. The Morgan fingerprint density at radius 1 is 1.35 bits per heavy atom. The van der Waals surface area contributed by atoms with Crippen LogP contribution in [0.25, 0.3) is 10.9 Å². The molecule has 6 heteroatoms. The molecule has 0 saturated heterocycles. The Labute approximate surface area is 145 Å². The van der Waals surface area contributed by atoms with E-state index in [1.807, 2.05) is 40.9 Å². The quantitative estimate of drug-likeness (QED) is 0.871. The first-order valence-electron chi connectivity index (χ1n) is 7.49. The van der Waals surface area contributed by atoms with Crippen LogP contribution in [0.5, 0.6) is 5.75 Å². The minimum Gasteiger partial charge on any atom is -0.506 e. The van der Waals surface area contributed by atoms with E-state index < -0.39 is 11.7 Å². The van der Waals surface area contributed by atoms with Gasteiger partial charge < -0.3 is 14.7 Å². The van der Waals surface area contributed by atoms with Gasteiger partial charge in [0.2, 0.25) is 0 Å². The fourth-order valence-electron chi connectivity index (χ4n) is 2.36. The number of rotatable bonds is 3. The highest BCUT2D eigenvalue weighted by atomic mass is 79.9. The summed E-state index contributed by atoms with van der Waals surface area (Å²) in [7, 11) is 3.98. The Hall–Kier alpha value is -1.53. The number of hydrogen-bond donors (Lipinski definition) is 1. The van der Waals surface area contributed by atoms with Crippen molar-refractivity contribution >= 4 is 32.9 Å². The molecule has 5 nitrogen and oxygen atoms in total. The average Bonchev–Trinajstić information content (AvgIpc) is 2.78. The van der Waals surface area contributed by atoms with Gasteiger partial charge in [-0.25, -0.2) is 4.79 Å². The van der Waals surface area contributed by atoms with Crippen LogP contribution < -0.4 is 0 Å². The molecule has 0 aliphatic heterocycles. The van der Waals surface area contributed by atoms with E-state index >= 15 is 0 Å². The number of aromatic nitrogens is 1. The summed E-state index contributed by atoms with van der Waals surface area (Å²) in [6.45, 7) is 6.31. The van der Waals surface area contributed by atoms with Gasteiger partial charge in [-0.15, -0.1) is 0 Å². The molecule has 0 radical (unpaired) electrons. The maximum atomic E-state index is 12.5. The van der Waals surface area contributed by atoms with Gasteiger partial charge in [0.05, 0.1) is 9.99 Å². The van der Waals surface area contributed by atoms with E-state index in [1.165, 1.54) is 4.57 Å². The van der Waals surface area contributed by atoms with Crippen LogP contribution in [0.2, 0.25) is 0 Å². The van der Waals surface area contributed by atoms with Crippen molar-refractivity contribution in [2.45, 2.75) is 32.8 Å². The third-order valence-corrected chi connectivity index (χ3v) is 4.03. The summed E-state index contributed by atoms with van der Waals surface area (Å²) in [5, 5.41) is 11.1. The summed E-state index contributed by atoms with van der Waals surface area (Å²) in [6.07, 6.45) is 2.04. The van der Waals surface area contributed by atoms with Gasteiger partial charge in [0.25, 0.3) is 0 Å². The second-order valence-electron chi connectivity index (χ2n) is 6.85. The number of phenols is 1. The largest absolute Gasteiger partial charge is 0.506 e. The molecule has 0 amide bonds. The van der Waals surface area contributed by atoms with Crippen LogP contribution >= 0.6 is 15.9 Å². The molecule has 0 bridgehead atoms. The summed E-state index contributed by atoms with van der Waals surface area (Å²) in [6, 6.07) is 3.54. The van der Waals surface area contributed by atoms with Crippen LogP contribution in [0.15, 0.2) is 22.8 Å². The first kappa shape index (κ1) is 17.8. The van der Waals surface area contributed by atoms with Gasteiger partial charge in [0.1, 0.15) is 11.4 Å². The number of carbonyl (C=O) groups excluding carboxylic acids is 1. The highest BCUT2D eigenvalue weighted by molar-refractivity contribution is 9.10. The van der Waals surface area contributed by atoms with Crippen molar-refractivity contribution in [1.29, 1.82) is 0 Å². The molecule has 1 aromatic carbocycles. The molecule has 1 heterocycles. The van der Waals surface area contributed by atoms with Gasteiger partial charge in [0, 0.05) is 18.1 Å². The summed E-state index contributed by atoms with van der Waals surface area (Å²) in [4.78, 5) is 14.5. The third kappa shape index (κ3) is 4.06. The number of carbonyl (C=O) groups is 1. The molecule has 0 unspecified atom stereocenters. The van der Waals surface area contributed by atoms with E-state index in [0.717, 1.165) is 18.5 Å². The lowest BCUT2D eigenvalue weighted by Gasteiger charge is -2.19. The number of hydrogen-bond acceptors (Lipinski definition) is 4. The molecule has 1 N–H and O–H groups in total. The van der Waals surface area contributed by atoms with Gasteiger partial charge in [-0.1, -0.05) is 0 Å². The van der Waals surface area contributed by atoms with Crippen LogP contribution in [-0.2, 0) is 11.2 Å². The smallest absolute Gasteiger partial charge is 0.419 e. The number of phenolic OH excluding ortho intramolecular Hbond substituents is 1. The van der Waals surface area contributed by atoms with Crippen molar-refractivity contribution in [3.8, 4) is 5.75 Å². The fraction of sp³-hybridized carbons (Fsp3) is 0.471. The number of halogens is 1. The van der Waals surface area contributed by atoms with E-state index in [2.05, 4.69) is 20.8 Å². The molecular weight excluding hydrogens is 360 g/mol. The zero-order chi connectivity index (χ0) is 17.4. The van der Waals surface area contributed by atoms with E-state index in [1.54, 1.807) is 12.3 Å². The average molecular weight is 383 g/mol. The van der Waals surface area contributed by atoms with Gasteiger partial charge in [-0.3, -0.25) is 4.57 Å². The molecule has 0 spiro atoms. The Morgan fingerprint density at radius 3 is 2.57 bits per heavy atom. The maximum absolute atomic E-state index is 12.5. The molecule has 0 saturated carbocycles. The Bertz CT molecular complexity index is 729. The lowest BCUT2D eigenvalue weighted by Crippen LogP contribution is -2.26. The van der Waals surface area contributed by atoms with Crippen LogP contribution in [0.3, 0.4) is 0 Å². The van der Waals surface area contributed by atoms with E-state index in [4.69, 9.17) is 4.74 Å². The lowest BCUT2D eigenvalue weighted by molar-refractivity contribution is 0.0544. The number of fused-ring (bicyclic) bond motifs is 1. The number of benzene rings is 1. The highest BCUT2D eigenvalue weighted by Gasteiger charge is 2.22. The van der Waals surface area contributed by atoms with Crippen molar-refractivity contribution in [2.24, 2.45) is 0 Å². The number of ether oxygens (including phenoxy) is 1. The molecular formula is C17H23BrN2O3. The van der Waals surface area contributed by atoms with Crippen LogP contribution in [-0.4, -0.2) is 46.9 Å². The van der Waals surface area contributed by atoms with Crippen LogP contribution in [0, 0.1) is 0 Å². The Balaban J connectivity index is 2.54. The van der Waals surface area contributed by atoms with Crippen molar-refractivity contribution in [1.82, 2.24) is 9.47 Å². The third-order valence-electron chi connectivity index (χ3n) is 3.39. The Kier molecular flexibility index (Phi) is 5.06. The summed E-state index contributed by atoms with van der Waals surface area (Å²) in [5.41, 5.74) is 0.988. The second kappa shape index (κ2) is 6.53. The Morgan fingerprint density at radius 2 is 2.00 bits per heavy atom. The van der Waals surface area contributed by atoms with Gasteiger partial charge >= 0.3 is 6.09 Å². The maximum Gasteiger partial charge on any atom is 0.419 e. The van der Waals surface area contributed by atoms with Crippen LogP contribution in [0.4, 0.5) is 4.79 Å². The van der Waals surface area contributed by atoms with Crippen molar-refractivity contribution < 1.29 is 14.6 Å². The molecule has 0 aliphatic rings. The SMILES string of the molecule is CN(C)CCc1cn(C(=O)OC(C)(C)C)c2ccc(Br)c(O)c12. The predicted molar refractivity (Wildman–Crippen MR) is 95.2 cm³/mol. The van der Waals surface area contributed by atoms with E-state index in [-0.39, 0.29) is 5.75 Å². The number of aromatic hydroxyl groups is 1. The normalized spacial score (nSPS) is 12.1. The first-order chi connectivity index (χ1) is 10.6. The zero-order valence-corrected chi connectivity index (χ0v) is 15.8. The molecule has 0 fully saturated rings. The van der Waals surface area contributed by atoms with Gasteiger partial charge in [0.15, 0.2) is 0 Å². The summed E-state index contributed by atoms with van der Waals surface area (Å²) < 4.78 is 7.54. The number of nitrogens with zero attached hydrogens (tertiary/aromatic N) is 2. The fourth-order valence-corrected chi connectivity index (χ4v) is 2.69.